The fourth-order valence-corrected chi connectivity index (χ4v) is 4.57. The molecule has 0 saturated heterocycles. The summed E-state index contributed by atoms with van der Waals surface area (Å²) in [5.41, 5.74) is 3.82. The standard InChI is InChI=1S/C25H25N3O3S/c1-15(2)22(28-24(30)19-6-4-5-7-20(19)25(28)31)23(29)26-13-12-17-8-10-18(11-9-17)21-14-32-16(3)27-21/h4-11,14-15,22H,12-13H2,1-3H3,(H,26,29). The van der Waals surface area contributed by atoms with Gasteiger partial charge < -0.3 is 5.32 Å². The molecule has 1 atom stereocenters. The average Bonchev–Trinajstić information content (AvgIpc) is 3.32. The number of hydrogen-bond donors (Lipinski definition) is 1. The minimum Gasteiger partial charge on any atom is -0.354 e. The van der Waals surface area contributed by atoms with Crippen molar-refractivity contribution in [2.75, 3.05) is 6.54 Å². The number of carbonyl (C=O) groups excluding carboxylic acids is 3. The highest BCUT2D eigenvalue weighted by Crippen LogP contribution is 2.27. The molecule has 0 spiro atoms. The summed E-state index contributed by atoms with van der Waals surface area (Å²) in [5, 5.41) is 5.98. The molecule has 7 heteroatoms. The van der Waals surface area contributed by atoms with Crippen molar-refractivity contribution in [3.63, 3.8) is 0 Å². The highest BCUT2D eigenvalue weighted by atomic mass is 32.1. The molecule has 3 amide bonds. The van der Waals surface area contributed by atoms with E-state index in [1.165, 1.54) is 0 Å². The van der Waals surface area contributed by atoms with Crippen molar-refractivity contribution in [1.82, 2.24) is 15.2 Å². The van der Waals surface area contributed by atoms with E-state index in [1.54, 1.807) is 35.6 Å². The molecule has 1 aliphatic heterocycles. The van der Waals surface area contributed by atoms with Gasteiger partial charge in [-0.3, -0.25) is 19.3 Å². The van der Waals surface area contributed by atoms with Gasteiger partial charge >= 0.3 is 0 Å². The molecule has 0 aliphatic carbocycles. The predicted octanol–water partition coefficient (Wildman–Crippen LogP) is 4.10. The van der Waals surface area contributed by atoms with Gasteiger partial charge in [-0.25, -0.2) is 4.98 Å². The van der Waals surface area contributed by atoms with Crippen molar-refractivity contribution >= 4 is 29.1 Å². The zero-order valence-electron chi connectivity index (χ0n) is 18.3. The first kappa shape index (κ1) is 21.9. The van der Waals surface area contributed by atoms with E-state index < -0.39 is 17.9 Å². The van der Waals surface area contributed by atoms with Crippen LogP contribution in [0.2, 0.25) is 0 Å². The second kappa shape index (κ2) is 9.04. The Hall–Kier alpha value is -3.32. The van der Waals surface area contributed by atoms with Gasteiger partial charge in [0, 0.05) is 17.5 Å². The maximum absolute atomic E-state index is 13.0. The lowest BCUT2D eigenvalue weighted by Gasteiger charge is -2.28. The van der Waals surface area contributed by atoms with Crippen LogP contribution in [0.25, 0.3) is 11.3 Å². The number of nitrogens with one attached hydrogen (secondary N) is 1. The van der Waals surface area contributed by atoms with Crippen LogP contribution in [0, 0.1) is 12.8 Å². The van der Waals surface area contributed by atoms with E-state index in [4.69, 9.17) is 0 Å². The monoisotopic (exact) mass is 447 g/mol. The van der Waals surface area contributed by atoms with Crippen LogP contribution in [0.5, 0.6) is 0 Å². The molecule has 164 valence electrons. The van der Waals surface area contributed by atoms with Gasteiger partial charge in [0.15, 0.2) is 0 Å². The topological polar surface area (TPSA) is 79.4 Å². The SMILES string of the molecule is Cc1nc(-c2ccc(CCNC(=O)C(C(C)C)N3C(=O)c4ccccc4C3=O)cc2)cs1. The highest BCUT2D eigenvalue weighted by Gasteiger charge is 2.43. The Morgan fingerprint density at radius 1 is 1.03 bits per heavy atom. The number of hydrogen-bond acceptors (Lipinski definition) is 5. The third-order valence-corrected chi connectivity index (χ3v) is 6.36. The minimum absolute atomic E-state index is 0.210. The predicted molar refractivity (Wildman–Crippen MR) is 125 cm³/mol. The summed E-state index contributed by atoms with van der Waals surface area (Å²) in [4.78, 5) is 44.2. The molecule has 1 unspecified atom stereocenters. The Balaban J connectivity index is 1.39. The van der Waals surface area contributed by atoms with Crippen LogP contribution < -0.4 is 5.32 Å². The molecule has 0 fully saturated rings. The molecule has 3 aromatic rings. The number of nitrogens with zero attached hydrogens (tertiary/aromatic N) is 2. The van der Waals surface area contributed by atoms with Crippen molar-refractivity contribution < 1.29 is 14.4 Å². The maximum Gasteiger partial charge on any atom is 0.262 e. The summed E-state index contributed by atoms with van der Waals surface area (Å²) >= 11 is 1.62. The summed E-state index contributed by atoms with van der Waals surface area (Å²) in [6.07, 6.45) is 0.648. The van der Waals surface area contributed by atoms with Crippen molar-refractivity contribution in [3.05, 3.63) is 75.6 Å². The quantitative estimate of drug-likeness (QED) is 0.553. The molecule has 1 aromatic heterocycles. The van der Waals surface area contributed by atoms with E-state index in [-0.39, 0.29) is 11.8 Å². The van der Waals surface area contributed by atoms with E-state index in [9.17, 15) is 14.4 Å². The molecule has 4 rings (SSSR count). The van der Waals surface area contributed by atoms with Crippen molar-refractivity contribution in [1.29, 1.82) is 0 Å². The van der Waals surface area contributed by atoms with Crippen LogP contribution in [0.4, 0.5) is 0 Å². The molecule has 1 aliphatic rings. The fraction of sp³-hybridized carbons (Fsp3) is 0.280. The lowest BCUT2D eigenvalue weighted by atomic mass is 10.0. The molecule has 32 heavy (non-hydrogen) atoms. The normalized spacial score (nSPS) is 14.1. The number of imide groups is 1. The van der Waals surface area contributed by atoms with Crippen molar-refractivity contribution in [2.45, 2.75) is 33.2 Å². The molecule has 6 nitrogen and oxygen atoms in total. The maximum atomic E-state index is 13.0. The van der Waals surface area contributed by atoms with Gasteiger partial charge in [-0.1, -0.05) is 50.2 Å². The molecule has 2 aromatic carbocycles. The van der Waals surface area contributed by atoms with E-state index in [0.29, 0.717) is 24.1 Å². The Morgan fingerprint density at radius 3 is 2.19 bits per heavy atom. The van der Waals surface area contributed by atoms with Crippen LogP contribution >= 0.6 is 11.3 Å². The Labute approximate surface area is 191 Å². The first-order valence-electron chi connectivity index (χ1n) is 10.6. The lowest BCUT2D eigenvalue weighted by molar-refractivity contribution is -0.126. The first-order chi connectivity index (χ1) is 15.4. The molecule has 0 radical (unpaired) electrons. The molecule has 1 N–H and O–H groups in total. The van der Waals surface area contributed by atoms with Gasteiger partial charge in [0.2, 0.25) is 5.91 Å². The summed E-state index contributed by atoms with van der Waals surface area (Å²) in [6.45, 7) is 6.08. The zero-order chi connectivity index (χ0) is 22.8. The number of thiazole rings is 1. The number of rotatable bonds is 7. The van der Waals surface area contributed by atoms with E-state index >= 15 is 0 Å². The Bertz CT molecular complexity index is 1130. The van der Waals surface area contributed by atoms with Gasteiger partial charge in [-0.2, -0.15) is 0 Å². The molecule has 0 saturated carbocycles. The number of carbonyl (C=O) groups is 3. The largest absolute Gasteiger partial charge is 0.354 e. The molecular formula is C25H25N3O3S. The second-order valence-corrected chi connectivity index (χ2v) is 9.27. The summed E-state index contributed by atoms with van der Waals surface area (Å²) in [6, 6.07) is 14.0. The smallest absolute Gasteiger partial charge is 0.262 e. The highest BCUT2D eigenvalue weighted by molar-refractivity contribution is 7.09. The van der Waals surface area contributed by atoms with Gasteiger partial charge in [0.05, 0.1) is 21.8 Å². The van der Waals surface area contributed by atoms with Crippen LogP contribution in [0.1, 0.15) is 45.1 Å². The Kier molecular flexibility index (Phi) is 6.19. The van der Waals surface area contributed by atoms with Crippen LogP contribution in [-0.2, 0) is 11.2 Å². The number of aryl methyl sites for hydroxylation is 1. The number of fused-ring (bicyclic) bond motifs is 1. The minimum atomic E-state index is -0.849. The number of amides is 3. The lowest BCUT2D eigenvalue weighted by Crippen LogP contribution is -2.52. The van der Waals surface area contributed by atoms with Gasteiger partial charge in [-0.15, -0.1) is 11.3 Å². The third kappa shape index (κ3) is 4.21. The van der Waals surface area contributed by atoms with Gasteiger partial charge in [0.1, 0.15) is 6.04 Å². The van der Waals surface area contributed by atoms with Crippen molar-refractivity contribution in [2.24, 2.45) is 5.92 Å². The third-order valence-electron chi connectivity index (χ3n) is 5.59. The zero-order valence-corrected chi connectivity index (χ0v) is 19.1. The molecule has 2 heterocycles. The van der Waals surface area contributed by atoms with Crippen molar-refractivity contribution in [3.8, 4) is 11.3 Å². The van der Waals surface area contributed by atoms with Gasteiger partial charge in [0.25, 0.3) is 11.8 Å². The Morgan fingerprint density at radius 2 is 1.66 bits per heavy atom. The molecular weight excluding hydrogens is 422 g/mol. The summed E-state index contributed by atoms with van der Waals surface area (Å²) < 4.78 is 0. The van der Waals surface area contributed by atoms with E-state index in [0.717, 1.165) is 26.7 Å². The van der Waals surface area contributed by atoms with Crippen LogP contribution in [0.15, 0.2) is 53.9 Å². The van der Waals surface area contributed by atoms with E-state index in [2.05, 4.69) is 10.3 Å². The second-order valence-electron chi connectivity index (χ2n) is 8.20. The summed E-state index contributed by atoms with van der Waals surface area (Å²) in [7, 11) is 0. The van der Waals surface area contributed by atoms with Crippen LogP contribution in [0.3, 0.4) is 0 Å². The van der Waals surface area contributed by atoms with Crippen LogP contribution in [-0.4, -0.2) is 40.2 Å². The first-order valence-corrected chi connectivity index (χ1v) is 11.5. The van der Waals surface area contributed by atoms with Gasteiger partial charge in [-0.05, 0) is 37.0 Å². The fourth-order valence-electron chi connectivity index (χ4n) is 3.95. The summed E-state index contributed by atoms with van der Waals surface area (Å²) in [5.74, 6) is -1.35. The molecule has 0 bridgehead atoms. The van der Waals surface area contributed by atoms with E-state index in [1.807, 2.05) is 50.4 Å². The number of benzene rings is 2. The number of aromatic nitrogens is 1. The average molecular weight is 448 g/mol.